The van der Waals surface area contributed by atoms with Crippen LogP contribution >= 0.6 is 0 Å². The topological polar surface area (TPSA) is 87.7 Å². The van der Waals surface area contributed by atoms with E-state index in [1.54, 1.807) is 13.0 Å². The quantitative estimate of drug-likeness (QED) is 0.859. The number of aryl methyl sites for hydroxylation is 1. The van der Waals surface area contributed by atoms with E-state index < -0.39 is 10.0 Å². The molecule has 0 aliphatic carbocycles. The zero-order valence-electron chi connectivity index (χ0n) is 9.43. The molecule has 0 unspecified atom stereocenters. The Hall–Kier alpha value is -1.89. The van der Waals surface area contributed by atoms with Gasteiger partial charge >= 0.3 is 0 Å². The molecule has 0 fully saturated rings. The van der Waals surface area contributed by atoms with Crippen LogP contribution in [0.1, 0.15) is 11.3 Å². The molecular weight excluding hydrogens is 240 g/mol. The van der Waals surface area contributed by atoms with Crippen molar-refractivity contribution in [2.24, 2.45) is 0 Å². The Balaban J connectivity index is 2.34. The molecule has 0 aliphatic heterocycles. The van der Waals surface area contributed by atoms with Crippen LogP contribution in [0.2, 0.25) is 0 Å². The van der Waals surface area contributed by atoms with E-state index in [9.17, 15) is 8.42 Å². The highest BCUT2D eigenvalue weighted by molar-refractivity contribution is 7.92. The van der Waals surface area contributed by atoms with Crippen molar-refractivity contribution in [3.63, 3.8) is 0 Å². The Kier molecular flexibility index (Phi) is 2.84. The van der Waals surface area contributed by atoms with Crippen molar-refractivity contribution in [3.05, 3.63) is 35.8 Å². The predicted molar refractivity (Wildman–Crippen MR) is 63.1 cm³/mol. The highest BCUT2D eigenvalue weighted by Crippen LogP contribution is 2.18. The van der Waals surface area contributed by atoms with Gasteiger partial charge in [-0.1, -0.05) is 0 Å². The van der Waals surface area contributed by atoms with Crippen molar-refractivity contribution in [3.8, 4) is 0 Å². The van der Waals surface area contributed by atoms with E-state index in [1.807, 2.05) is 6.92 Å². The van der Waals surface area contributed by atoms with Crippen LogP contribution in [0.25, 0.3) is 0 Å². The summed E-state index contributed by atoms with van der Waals surface area (Å²) >= 11 is 0. The van der Waals surface area contributed by atoms with Gasteiger partial charge in [-0.05, 0) is 26.0 Å². The van der Waals surface area contributed by atoms with Crippen molar-refractivity contribution in [2.45, 2.75) is 18.7 Å². The summed E-state index contributed by atoms with van der Waals surface area (Å²) in [7, 11) is -3.62. The van der Waals surface area contributed by atoms with Gasteiger partial charge in [-0.15, -0.1) is 0 Å². The van der Waals surface area contributed by atoms with E-state index in [2.05, 4.69) is 19.9 Å². The third-order valence-corrected chi connectivity index (χ3v) is 3.75. The number of nitrogens with one attached hydrogen (secondary N) is 2. The number of anilines is 1. The standard InChI is InChI=1S/C10H12N4O2S/c1-7-8(2)12-13-10(7)14-17(15,16)9-4-3-5-11-6-9/h3-6H,1-2H3,(H2,12,13,14). The van der Waals surface area contributed by atoms with Crippen molar-refractivity contribution in [2.75, 3.05) is 4.72 Å². The van der Waals surface area contributed by atoms with Gasteiger partial charge in [0.05, 0.1) is 0 Å². The van der Waals surface area contributed by atoms with Gasteiger partial charge < -0.3 is 0 Å². The molecule has 0 spiro atoms. The largest absolute Gasteiger partial charge is 0.280 e. The van der Waals surface area contributed by atoms with Gasteiger partial charge in [0.1, 0.15) is 4.90 Å². The summed E-state index contributed by atoms with van der Waals surface area (Å²) in [5, 5.41) is 6.61. The zero-order valence-corrected chi connectivity index (χ0v) is 10.2. The molecule has 7 heteroatoms. The molecular formula is C10H12N4O2S. The number of rotatable bonds is 3. The molecule has 17 heavy (non-hydrogen) atoms. The Morgan fingerprint density at radius 1 is 1.35 bits per heavy atom. The second-order valence-electron chi connectivity index (χ2n) is 3.62. The number of pyridine rings is 1. The average molecular weight is 252 g/mol. The van der Waals surface area contributed by atoms with Crippen LogP contribution in [0.5, 0.6) is 0 Å². The van der Waals surface area contributed by atoms with Gasteiger partial charge in [-0.25, -0.2) is 8.42 Å². The molecule has 0 aliphatic rings. The van der Waals surface area contributed by atoms with E-state index in [0.29, 0.717) is 5.82 Å². The third kappa shape index (κ3) is 2.28. The second kappa shape index (κ2) is 4.17. The SMILES string of the molecule is Cc1[nH]nc(NS(=O)(=O)c2cccnc2)c1C. The number of H-pyrrole nitrogens is 1. The number of sulfonamides is 1. The molecule has 2 aromatic rings. The monoisotopic (exact) mass is 252 g/mol. The summed E-state index contributed by atoms with van der Waals surface area (Å²) in [6.07, 6.45) is 2.81. The van der Waals surface area contributed by atoms with Gasteiger partial charge in [-0.2, -0.15) is 5.10 Å². The van der Waals surface area contributed by atoms with E-state index >= 15 is 0 Å². The molecule has 0 bridgehead atoms. The molecule has 0 saturated carbocycles. The summed E-state index contributed by atoms with van der Waals surface area (Å²) < 4.78 is 26.3. The first-order chi connectivity index (χ1) is 8.00. The maximum absolute atomic E-state index is 12.0. The lowest BCUT2D eigenvalue weighted by Crippen LogP contribution is -2.14. The number of aromatic nitrogens is 3. The van der Waals surface area contributed by atoms with Crippen LogP contribution in [-0.2, 0) is 10.0 Å². The van der Waals surface area contributed by atoms with Gasteiger partial charge in [0.25, 0.3) is 10.0 Å². The van der Waals surface area contributed by atoms with E-state index in [0.717, 1.165) is 11.3 Å². The Bertz CT molecular complexity index is 619. The Labute approximate surface area is 99.1 Å². The summed E-state index contributed by atoms with van der Waals surface area (Å²) in [5.41, 5.74) is 1.60. The average Bonchev–Trinajstić information content (AvgIpc) is 2.62. The van der Waals surface area contributed by atoms with Crippen LogP contribution in [-0.4, -0.2) is 23.6 Å². The number of hydrogen-bond acceptors (Lipinski definition) is 4. The lowest BCUT2D eigenvalue weighted by molar-refractivity contribution is 0.600. The van der Waals surface area contributed by atoms with Gasteiger partial charge in [0, 0.05) is 23.7 Å². The van der Waals surface area contributed by atoms with Crippen LogP contribution in [0.4, 0.5) is 5.82 Å². The molecule has 0 atom stereocenters. The minimum absolute atomic E-state index is 0.111. The van der Waals surface area contributed by atoms with E-state index in [4.69, 9.17) is 0 Å². The van der Waals surface area contributed by atoms with Crippen molar-refractivity contribution >= 4 is 15.8 Å². The first kappa shape index (κ1) is 11.6. The summed E-state index contributed by atoms with van der Waals surface area (Å²) in [6, 6.07) is 3.04. The molecule has 2 heterocycles. The minimum Gasteiger partial charge on any atom is -0.280 e. The van der Waals surface area contributed by atoms with Crippen LogP contribution in [0, 0.1) is 13.8 Å². The number of nitrogens with zero attached hydrogens (tertiary/aromatic N) is 2. The summed E-state index contributed by atoms with van der Waals surface area (Å²) in [4.78, 5) is 3.88. The van der Waals surface area contributed by atoms with Crippen molar-refractivity contribution in [1.82, 2.24) is 15.2 Å². The van der Waals surface area contributed by atoms with E-state index in [-0.39, 0.29) is 4.90 Å². The molecule has 0 aromatic carbocycles. The molecule has 2 aromatic heterocycles. The number of hydrogen-bond donors (Lipinski definition) is 2. The van der Waals surface area contributed by atoms with E-state index in [1.165, 1.54) is 18.5 Å². The maximum Gasteiger partial charge on any atom is 0.264 e. The smallest absolute Gasteiger partial charge is 0.264 e. The van der Waals surface area contributed by atoms with Gasteiger partial charge in [-0.3, -0.25) is 14.8 Å². The van der Waals surface area contributed by atoms with Gasteiger partial charge in [0.2, 0.25) is 0 Å². The first-order valence-corrected chi connectivity index (χ1v) is 6.43. The molecule has 0 radical (unpaired) electrons. The van der Waals surface area contributed by atoms with Crippen LogP contribution < -0.4 is 4.72 Å². The lowest BCUT2D eigenvalue weighted by atomic mass is 10.3. The molecule has 6 nitrogen and oxygen atoms in total. The minimum atomic E-state index is -3.62. The molecule has 2 N–H and O–H groups in total. The van der Waals surface area contributed by atoms with Crippen molar-refractivity contribution in [1.29, 1.82) is 0 Å². The fraction of sp³-hybridized carbons (Fsp3) is 0.200. The Morgan fingerprint density at radius 3 is 2.65 bits per heavy atom. The fourth-order valence-corrected chi connectivity index (χ4v) is 2.31. The highest BCUT2D eigenvalue weighted by Gasteiger charge is 2.17. The molecule has 90 valence electrons. The zero-order chi connectivity index (χ0) is 12.5. The second-order valence-corrected chi connectivity index (χ2v) is 5.30. The van der Waals surface area contributed by atoms with Crippen LogP contribution in [0.15, 0.2) is 29.4 Å². The number of aromatic amines is 1. The predicted octanol–water partition coefficient (Wildman–Crippen LogP) is 1.22. The molecule has 0 amide bonds. The molecule has 0 saturated heterocycles. The first-order valence-electron chi connectivity index (χ1n) is 4.95. The van der Waals surface area contributed by atoms with Gasteiger partial charge in [0.15, 0.2) is 5.82 Å². The molecule has 2 rings (SSSR count). The third-order valence-electron chi connectivity index (χ3n) is 2.43. The normalized spacial score (nSPS) is 11.4. The fourth-order valence-electron chi connectivity index (χ4n) is 1.28. The summed E-state index contributed by atoms with van der Waals surface area (Å²) in [5.74, 6) is 0.311. The van der Waals surface area contributed by atoms with Crippen LogP contribution in [0.3, 0.4) is 0 Å². The Morgan fingerprint density at radius 2 is 2.12 bits per heavy atom. The summed E-state index contributed by atoms with van der Waals surface area (Å²) in [6.45, 7) is 3.62. The maximum atomic E-state index is 12.0. The highest BCUT2D eigenvalue weighted by atomic mass is 32.2. The van der Waals surface area contributed by atoms with Crippen molar-refractivity contribution < 1.29 is 8.42 Å². The lowest BCUT2D eigenvalue weighted by Gasteiger charge is -2.05.